The highest BCUT2D eigenvalue weighted by Gasteiger charge is 2.21. The van der Waals surface area contributed by atoms with Crippen molar-refractivity contribution < 1.29 is 16.8 Å². The summed E-state index contributed by atoms with van der Waals surface area (Å²) in [6.07, 6.45) is 0. The van der Waals surface area contributed by atoms with E-state index in [0.29, 0.717) is 0 Å². The molecule has 3 aromatic carbocycles. The first-order chi connectivity index (χ1) is 12.8. The Hall–Kier alpha value is -2.55. The number of sulfonamides is 2. The van der Waals surface area contributed by atoms with E-state index in [4.69, 9.17) is 11.6 Å². The van der Waals surface area contributed by atoms with E-state index in [9.17, 15) is 16.8 Å². The van der Waals surface area contributed by atoms with Crippen LogP contribution in [0.3, 0.4) is 0 Å². The van der Waals surface area contributed by atoms with Gasteiger partial charge in [-0.25, -0.2) is 16.8 Å². The van der Waals surface area contributed by atoms with E-state index in [1.54, 1.807) is 36.4 Å². The zero-order valence-corrected chi connectivity index (χ0v) is 16.2. The van der Waals surface area contributed by atoms with Crippen LogP contribution in [0, 0.1) is 0 Å². The van der Waals surface area contributed by atoms with Gasteiger partial charge in [0.2, 0.25) is 0 Å². The van der Waals surface area contributed by atoms with E-state index < -0.39 is 20.0 Å². The van der Waals surface area contributed by atoms with Crippen LogP contribution in [-0.2, 0) is 20.0 Å². The lowest BCUT2D eigenvalue weighted by Gasteiger charge is -2.16. The van der Waals surface area contributed by atoms with Gasteiger partial charge in [-0.05, 0) is 36.4 Å². The van der Waals surface area contributed by atoms with E-state index in [2.05, 4.69) is 9.44 Å². The normalized spacial score (nSPS) is 11.7. The molecule has 140 valence electrons. The third kappa shape index (κ3) is 4.41. The monoisotopic (exact) mass is 422 g/mol. The van der Waals surface area contributed by atoms with Gasteiger partial charge in [0.05, 0.1) is 26.2 Å². The number of rotatable bonds is 6. The number of hydrogen-bond donors (Lipinski definition) is 2. The maximum Gasteiger partial charge on any atom is 0.262 e. The van der Waals surface area contributed by atoms with Crippen LogP contribution in [0.15, 0.2) is 88.7 Å². The van der Waals surface area contributed by atoms with Crippen LogP contribution < -0.4 is 9.44 Å². The summed E-state index contributed by atoms with van der Waals surface area (Å²) in [4.78, 5) is 0.0728. The van der Waals surface area contributed by atoms with Crippen LogP contribution in [0.5, 0.6) is 0 Å². The van der Waals surface area contributed by atoms with Gasteiger partial charge >= 0.3 is 0 Å². The number of benzene rings is 3. The van der Waals surface area contributed by atoms with E-state index in [0.717, 1.165) is 0 Å². The maximum atomic E-state index is 12.6. The fourth-order valence-corrected chi connectivity index (χ4v) is 4.80. The molecule has 3 rings (SSSR count). The molecule has 0 saturated carbocycles. The molecule has 0 spiro atoms. The molecule has 0 amide bonds. The Morgan fingerprint density at radius 2 is 1.07 bits per heavy atom. The molecule has 9 heteroatoms. The molecule has 3 aromatic rings. The molecule has 0 aliphatic carbocycles. The van der Waals surface area contributed by atoms with Gasteiger partial charge in [-0.15, -0.1) is 0 Å². The minimum Gasteiger partial charge on any atom is -0.277 e. The predicted molar refractivity (Wildman–Crippen MR) is 106 cm³/mol. The Balaban J connectivity index is 1.99. The second kappa shape index (κ2) is 7.59. The summed E-state index contributed by atoms with van der Waals surface area (Å²) in [5, 5.41) is 0.0581. The van der Waals surface area contributed by atoms with Crippen LogP contribution in [0.1, 0.15) is 0 Å². The maximum absolute atomic E-state index is 12.6. The lowest BCUT2D eigenvalue weighted by atomic mass is 10.3. The Morgan fingerprint density at radius 1 is 0.593 bits per heavy atom. The van der Waals surface area contributed by atoms with E-state index in [1.165, 1.54) is 42.5 Å². The molecular weight excluding hydrogens is 408 g/mol. The fourth-order valence-electron chi connectivity index (χ4n) is 2.31. The van der Waals surface area contributed by atoms with Crippen molar-refractivity contribution in [3.05, 3.63) is 83.9 Å². The van der Waals surface area contributed by atoms with Gasteiger partial charge in [-0.3, -0.25) is 9.44 Å². The van der Waals surface area contributed by atoms with Crippen molar-refractivity contribution in [2.75, 3.05) is 9.44 Å². The smallest absolute Gasteiger partial charge is 0.262 e. The molecule has 0 heterocycles. The van der Waals surface area contributed by atoms with Crippen molar-refractivity contribution in [3.63, 3.8) is 0 Å². The molecule has 0 fully saturated rings. The first-order valence-corrected chi connectivity index (χ1v) is 11.1. The minimum absolute atomic E-state index is 0.0193. The highest BCUT2D eigenvalue weighted by molar-refractivity contribution is 7.93. The predicted octanol–water partition coefficient (Wildman–Crippen LogP) is 3.94. The summed E-state index contributed by atoms with van der Waals surface area (Å²) in [5.74, 6) is 0. The number of hydrogen-bond acceptors (Lipinski definition) is 4. The molecule has 0 atom stereocenters. The van der Waals surface area contributed by atoms with Gasteiger partial charge in [-0.2, -0.15) is 0 Å². The van der Waals surface area contributed by atoms with Crippen molar-refractivity contribution in [1.82, 2.24) is 0 Å². The number of para-hydroxylation sites is 1. The first-order valence-electron chi connectivity index (χ1n) is 7.74. The Kier molecular flexibility index (Phi) is 5.41. The molecule has 0 aliphatic heterocycles. The fraction of sp³-hybridized carbons (Fsp3) is 0. The second-order valence-corrected chi connectivity index (χ2v) is 9.27. The van der Waals surface area contributed by atoms with Gasteiger partial charge in [0, 0.05) is 0 Å². The van der Waals surface area contributed by atoms with Crippen molar-refractivity contribution in [1.29, 1.82) is 0 Å². The molecule has 0 bridgehead atoms. The quantitative estimate of drug-likeness (QED) is 0.629. The summed E-state index contributed by atoms with van der Waals surface area (Å²) in [6, 6.07) is 19.8. The minimum atomic E-state index is -3.95. The molecule has 0 aliphatic rings. The molecule has 27 heavy (non-hydrogen) atoms. The molecule has 0 saturated heterocycles. The Morgan fingerprint density at radius 3 is 1.59 bits per heavy atom. The average molecular weight is 423 g/mol. The van der Waals surface area contributed by atoms with Gasteiger partial charge in [0.15, 0.2) is 0 Å². The highest BCUT2D eigenvalue weighted by atomic mass is 35.5. The van der Waals surface area contributed by atoms with Crippen LogP contribution in [-0.4, -0.2) is 16.8 Å². The topological polar surface area (TPSA) is 92.3 Å². The second-order valence-electron chi connectivity index (χ2n) is 5.50. The van der Waals surface area contributed by atoms with Crippen LogP contribution >= 0.6 is 11.6 Å². The third-order valence-electron chi connectivity index (χ3n) is 3.60. The highest BCUT2D eigenvalue weighted by Crippen LogP contribution is 2.33. The zero-order chi connectivity index (χ0) is 19.5. The molecule has 0 aromatic heterocycles. The lowest BCUT2D eigenvalue weighted by Crippen LogP contribution is -2.18. The summed E-state index contributed by atoms with van der Waals surface area (Å²) in [5.41, 5.74) is -0.0339. The summed E-state index contributed by atoms with van der Waals surface area (Å²) in [6.45, 7) is 0. The lowest BCUT2D eigenvalue weighted by molar-refractivity contribution is 0.599. The molecular formula is C18H15ClN2O4S2. The van der Waals surface area contributed by atoms with Crippen LogP contribution in [0.4, 0.5) is 11.4 Å². The van der Waals surface area contributed by atoms with E-state index in [1.807, 2.05) is 0 Å². The zero-order valence-electron chi connectivity index (χ0n) is 13.8. The van der Waals surface area contributed by atoms with Gasteiger partial charge < -0.3 is 0 Å². The SMILES string of the molecule is O=S(=O)(Nc1cccc(Cl)c1NS(=O)(=O)c1ccccc1)c1ccccc1. The molecule has 6 nitrogen and oxygen atoms in total. The van der Waals surface area contributed by atoms with Crippen molar-refractivity contribution >= 4 is 43.0 Å². The molecule has 0 radical (unpaired) electrons. The summed E-state index contributed by atoms with van der Waals surface area (Å²) >= 11 is 6.14. The van der Waals surface area contributed by atoms with Gasteiger partial charge in [0.25, 0.3) is 20.0 Å². The number of nitrogens with one attached hydrogen (secondary N) is 2. The number of anilines is 2. The van der Waals surface area contributed by atoms with E-state index in [-0.39, 0.29) is 26.2 Å². The van der Waals surface area contributed by atoms with Crippen molar-refractivity contribution in [2.45, 2.75) is 9.79 Å². The standard InChI is InChI=1S/C18H15ClN2O4S2/c19-16-12-7-13-17(20-26(22,23)14-8-3-1-4-9-14)18(16)21-27(24,25)15-10-5-2-6-11-15/h1-13,20-21H. The average Bonchev–Trinajstić information content (AvgIpc) is 2.66. The summed E-state index contributed by atoms with van der Waals surface area (Å²) in [7, 11) is -7.86. The van der Waals surface area contributed by atoms with E-state index >= 15 is 0 Å². The number of halogens is 1. The third-order valence-corrected chi connectivity index (χ3v) is 6.66. The molecule has 2 N–H and O–H groups in total. The van der Waals surface area contributed by atoms with Gasteiger partial charge in [0.1, 0.15) is 0 Å². The van der Waals surface area contributed by atoms with Crippen molar-refractivity contribution in [3.8, 4) is 0 Å². The molecule has 0 unspecified atom stereocenters. The van der Waals surface area contributed by atoms with Crippen LogP contribution in [0.2, 0.25) is 5.02 Å². The Labute approximate surface area is 162 Å². The van der Waals surface area contributed by atoms with Crippen molar-refractivity contribution in [2.24, 2.45) is 0 Å². The Bertz CT molecular complexity index is 1150. The van der Waals surface area contributed by atoms with Gasteiger partial charge in [-0.1, -0.05) is 54.1 Å². The summed E-state index contributed by atoms with van der Waals surface area (Å²) < 4.78 is 55.1. The van der Waals surface area contributed by atoms with Crippen LogP contribution in [0.25, 0.3) is 0 Å². The first kappa shape index (κ1) is 19.2. The largest absolute Gasteiger partial charge is 0.277 e.